The number of unbranched alkanes of at least 4 members (excludes halogenated alkanes) is 4. The molecule has 0 saturated heterocycles. The number of carbonyl (C=O) groups is 2. The minimum absolute atomic E-state index is 0.137. The van der Waals surface area contributed by atoms with Crippen molar-refractivity contribution in [2.24, 2.45) is 5.73 Å². The second kappa shape index (κ2) is 11.7. The Morgan fingerprint density at radius 3 is 2.43 bits per heavy atom. The number of hydrogen-bond donors (Lipinski definition) is 1. The monoisotopic (exact) mass is 321 g/mol. The van der Waals surface area contributed by atoms with Crippen LogP contribution in [-0.4, -0.2) is 24.6 Å². The van der Waals surface area contributed by atoms with E-state index in [2.05, 4.69) is 6.92 Å². The molecule has 1 aromatic carbocycles. The first kappa shape index (κ1) is 19.2. The Bertz CT molecular complexity index is 461. The summed E-state index contributed by atoms with van der Waals surface area (Å²) in [7, 11) is 0. The van der Waals surface area contributed by atoms with E-state index >= 15 is 0 Å². The highest BCUT2D eigenvalue weighted by Crippen LogP contribution is 2.06. The molecule has 0 aliphatic rings. The maximum Gasteiger partial charge on any atom is 0.326 e. The number of ether oxygens (including phenoxy) is 2. The summed E-state index contributed by atoms with van der Waals surface area (Å²) in [5, 5.41) is 0. The second-order valence-corrected chi connectivity index (χ2v) is 5.55. The lowest BCUT2D eigenvalue weighted by Gasteiger charge is -2.12. The van der Waals surface area contributed by atoms with Crippen molar-refractivity contribution in [2.45, 2.75) is 58.1 Å². The summed E-state index contributed by atoms with van der Waals surface area (Å²) in [6, 6.07) is 8.40. The average Bonchev–Trinajstić information content (AvgIpc) is 2.58. The molecule has 0 spiro atoms. The molecule has 0 fully saturated rings. The minimum atomic E-state index is -0.942. The predicted octanol–water partition coefficient (Wildman–Crippen LogP) is 2.96. The highest BCUT2D eigenvalue weighted by Gasteiger charge is 2.17. The second-order valence-electron chi connectivity index (χ2n) is 5.55. The number of carbonyl (C=O) groups excluding carboxylic acids is 2. The van der Waals surface area contributed by atoms with Crippen molar-refractivity contribution in [3.8, 4) is 0 Å². The van der Waals surface area contributed by atoms with Gasteiger partial charge in [0.05, 0.1) is 0 Å². The largest absolute Gasteiger partial charge is 0.463 e. The van der Waals surface area contributed by atoms with Crippen molar-refractivity contribution in [2.75, 3.05) is 6.61 Å². The number of esters is 2. The highest BCUT2D eigenvalue weighted by atomic mass is 16.6. The standard InChI is InChI=1S/C18H27NO4/c1-2-3-4-5-9-12-17(20)22-14-16(19)18(21)23-13-15-10-7-6-8-11-15/h6-8,10-11,16H,2-5,9,12-14,19H2,1H3. The molecule has 5 heteroatoms. The average molecular weight is 321 g/mol. The molecular formula is C18H27NO4. The van der Waals surface area contributed by atoms with E-state index in [1.165, 1.54) is 12.8 Å². The molecular weight excluding hydrogens is 294 g/mol. The van der Waals surface area contributed by atoms with E-state index in [4.69, 9.17) is 15.2 Å². The third-order valence-corrected chi connectivity index (χ3v) is 3.44. The van der Waals surface area contributed by atoms with Crippen LogP contribution in [0.4, 0.5) is 0 Å². The SMILES string of the molecule is CCCCCCCC(=O)OCC(N)C(=O)OCc1ccccc1. The summed E-state index contributed by atoms with van der Waals surface area (Å²) in [6.07, 6.45) is 5.70. The van der Waals surface area contributed by atoms with Gasteiger partial charge in [-0.15, -0.1) is 0 Å². The van der Waals surface area contributed by atoms with Gasteiger partial charge in [0.1, 0.15) is 19.3 Å². The maximum absolute atomic E-state index is 11.7. The van der Waals surface area contributed by atoms with Crippen molar-refractivity contribution in [3.63, 3.8) is 0 Å². The summed E-state index contributed by atoms with van der Waals surface area (Å²) in [5.74, 6) is -0.877. The Labute approximate surface area is 138 Å². The Kier molecular flexibility index (Phi) is 9.71. The van der Waals surface area contributed by atoms with Crippen LogP contribution < -0.4 is 5.73 Å². The van der Waals surface area contributed by atoms with Gasteiger partial charge in [-0.2, -0.15) is 0 Å². The fraction of sp³-hybridized carbons (Fsp3) is 0.556. The third kappa shape index (κ3) is 8.98. The molecule has 0 amide bonds. The van der Waals surface area contributed by atoms with Gasteiger partial charge in [-0.05, 0) is 12.0 Å². The van der Waals surface area contributed by atoms with E-state index < -0.39 is 12.0 Å². The smallest absolute Gasteiger partial charge is 0.326 e. The van der Waals surface area contributed by atoms with Crippen LogP contribution in [0.2, 0.25) is 0 Å². The van der Waals surface area contributed by atoms with Gasteiger partial charge >= 0.3 is 11.9 Å². The van der Waals surface area contributed by atoms with Gasteiger partial charge in [0.15, 0.2) is 0 Å². The van der Waals surface area contributed by atoms with Crippen LogP contribution in [0, 0.1) is 0 Å². The quantitative estimate of drug-likeness (QED) is 0.501. The summed E-state index contributed by atoms with van der Waals surface area (Å²) in [6.45, 7) is 2.17. The molecule has 23 heavy (non-hydrogen) atoms. The number of nitrogens with two attached hydrogens (primary N) is 1. The van der Waals surface area contributed by atoms with Crippen molar-refractivity contribution in [1.82, 2.24) is 0 Å². The zero-order valence-corrected chi connectivity index (χ0v) is 13.8. The van der Waals surface area contributed by atoms with Gasteiger partial charge in [0, 0.05) is 6.42 Å². The molecule has 128 valence electrons. The molecule has 0 aliphatic heterocycles. The first-order valence-electron chi connectivity index (χ1n) is 8.25. The molecule has 0 heterocycles. The molecule has 1 atom stereocenters. The van der Waals surface area contributed by atoms with Crippen LogP contribution in [0.15, 0.2) is 30.3 Å². The Morgan fingerprint density at radius 1 is 1.04 bits per heavy atom. The van der Waals surface area contributed by atoms with Gasteiger partial charge < -0.3 is 15.2 Å². The van der Waals surface area contributed by atoms with Crippen LogP contribution in [0.1, 0.15) is 51.0 Å². The Hall–Kier alpha value is -1.88. The van der Waals surface area contributed by atoms with Crippen LogP contribution >= 0.6 is 0 Å². The van der Waals surface area contributed by atoms with Gasteiger partial charge in [-0.1, -0.05) is 62.9 Å². The lowest BCUT2D eigenvalue weighted by molar-refractivity contribution is -0.152. The van der Waals surface area contributed by atoms with Crippen molar-refractivity contribution in [1.29, 1.82) is 0 Å². The van der Waals surface area contributed by atoms with Crippen molar-refractivity contribution < 1.29 is 19.1 Å². The lowest BCUT2D eigenvalue weighted by Crippen LogP contribution is -2.37. The van der Waals surface area contributed by atoms with E-state index in [1.807, 2.05) is 30.3 Å². The minimum Gasteiger partial charge on any atom is -0.463 e. The predicted molar refractivity (Wildman–Crippen MR) is 88.5 cm³/mol. The number of benzene rings is 1. The van der Waals surface area contributed by atoms with E-state index in [1.54, 1.807) is 0 Å². The molecule has 1 unspecified atom stereocenters. The summed E-state index contributed by atoms with van der Waals surface area (Å²) in [5.41, 5.74) is 6.56. The normalized spacial score (nSPS) is 11.7. The summed E-state index contributed by atoms with van der Waals surface area (Å²) >= 11 is 0. The number of rotatable bonds is 11. The Morgan fingerprint density at radius 2 is 1.74 bits per heavy atom. The van der Waals surface area contributed by atoms with Crippen LogP contribution in [0.25, 0.3) is 0 Å². The molecule has 1 rings (SSSR count). The molecule has 1 aromatic rings. The third-order valence-electron chi connectivity index (χ3n) is 3.44. The first-order valence-corrected chi connectivity index (χ1v) is 8.25. The lowest BCUT2D eigenvalue weighted by atomic mass is 10.1. The molecule has 5 nitrogen and oxygen atoms in total. The van der Waals surface area contributed by atoms with Crippen molar-refractivity contribution in [3.05, 3.63) is 35.9 Å². The highest BCUT2D eigenvalue weighted by molar-refractivity contribution is 5.76. The van der Waals surface area contributed by atoms with Gasteiger partial charge in [0.2, 0.25) is 0 Å². The van der Waals surface area contributed by atoms with Crippen LogP contribution in [0.3, 0.4) is 0 Å². The summed E-state index contributed by atoms with van der Waals surface area (Å²) in [4.78, 5) is 23.3. The van der Waals surface area contributed by atoms with E-state index in [9.17, 15) is 9.59 Å². The van der Waals surface area contributed by atoms with Gasteiger partial charge in [0.25, 0.3) is 0 Å². The molecule has 2 N–H and O–H groups in total. The summed E-state index contributed by atoms with van der Waals surface area (Å²) < 4.78 is 10.1. The molecule has 0 aromatic heterocycles. The molecule has 0 aliphatic carbocycles. The van der Waals surface area contributed by atoms with E-state index in [0.717, 1.165) is 24.8 Å². The fourth-order valence-electron chi connectivity index (χ4n) is 2.03. The van der Waals surface area contributed by atoms with Gasteiger partial charge in [-0.25, -0.2) is 0 Å². The molecule has 0 bridgehead atoms. The van der Waals surface area contributed by atoms with Crippen LogP contribution in [-0.2, 0) is 25.7 Å². The zero-order valence-electron chi connectivity index (χ0n) is 13.8. The van der Waals surface area contributed by atoms with Crippen LogP contribution in [0.5, 0.6) is 0 Å². The van der Waals surface area contributed by atoms with E-state index in [0.29, 0.717) is 6.42 Å². The Balaban J connectivity index is 2.13. The molecule has 0 saturated carbocycles. The first-order chi connectivity index (χ1) is 11.1. The van der Waals surface area contributed by atoms with Crippen molar-refractivity contribution >= 4 is 11.9 Å². The molecule has 0 radical (unpaired) electrons. The van der Waals surface area contributed by atoms with E-state index in [-0.39, 0.29) is 19.2 Å². The zero-order chi connectivity index (χ0) is 16.9. The maximum atomic E-state index is 11.7. The fourth-order valence-corrected chi connectivity index (χ4v) is 2.03. The van der Waals surface area contributed by atoms with Gasteiger partial charge in [-0.3, -0.25) is 9.59 Å². The number of hydrogen-bond acceptors (Lipinski definition) is 5. The topological polar surface area (TPSA) is 78.6 Å².